The predicted molar refractivity (Wildman–Crippen MR) is 44.1 cm³/mol. The Balaban J connectivity index is 1.99. The van der Waals surface area contributed by atoms with E-state index in [9.17, 15) is 5.11 Å². The van der Waals surface area contributed by atoms with Crippen molar-refractivity contribution in [2.75, 3.05) is 0 Å². The van der Waals surface area contributed by atoms with Crippen molar-refractivity contribution in [2.45, 2.75) is 50.2 Å². The molecule has 2 nitrogen and oxygen atoms in total. The summed E-state index contributed by atoms with van der Waals surface area (Å²) in [5.74, 6) is 0.592. The van der Waals surface area contributed by atoms with Gasteiger partial charge in [0, 0.05) is 6.04 Å². The lowest BCUT2D eigenvalue weighted by Crippen LogP contribution is -2.42. The summed E-state index contributed by atoms with van der Waals surface area (Å²) in [4.78, 5) is 0. The minimum Gasteiger partial charge on any atom is -0.390 e. The maximum Gasteiger partial charge on any atom is 0.0690 e. The molecule has 2 aliphatic carbocycles. The highest BCUT2D eigenvalue weighted by atomic mass is 16.3. The van der Waals surface area contributed by atoms with Crippen molar-refractivity contribution in [1.82, 2.24) is 0 Å². The summed E-state index contributed by atoms with van der Waals surface area (Å²) in [6, 6.07) is 0.259. The van der Waals surface area contributed by atoms with Gasteiger partial charge in [0.25, 0.3) is 0 Å². The Labute approximate surface area is 67.8 Å². The summed E-state index contributed by atoms with van der Waals surface area (Å²) in [5.41, 5.74) is 5.45. The first-order valence-electron chi connectivity index (χ1n) is 4.69. The van der Waals surface area contributed by atoms with Crippen LogP contribution in [0.15, 0.2) is 0 Å². The highest BCUT2D eigenvalue weighted by Crippen LogP contribution is 2.46. The second-order valence-electron chi connectivity index (χ2n) is 4.23. The van der Waals surface area contributed by atoms with E-state index in [0.29, 0.717) is 5.92 Å². The first-order chi connectivity index (χ1) is 5.21. The summed E-state index contributed by atoms with van der Waals surface area (Å²) in [7, 11) is 0. The third-order valence-electron chi connectivity index (χ3n) is 3.14. The smallest absolute Gasteiger partial charge is 0.0690 e. The molecule has 0 amide bonds. The van der Waals surface area contributed by atoms with Gasteiger partial charge in [0.2, 0.25) is 0 Å². The average Bonchev–Trinajstić information content (AvgIpc) is 2.66. The number of rotatable bonds is 1. The Morgan fingerprint density at radius 1 is 1.27 bits per heavy atom. The lowest BCUT2D eigenvalue weighted by atomic mass is 9.79. The fourth-order valence-electron chi connectivity index (χ4n) is 2.32. The maximum atomic E-state index is 10.1. The number of hydrogen-bond acceptors (Lipinski definition) is 2. The molecule has 3 N–H and O–H groups in total. The Bertz CT molecular complexity index is 156. The van der Waals surface area contributed by atoms with Crippen LogP contribution in [0.3, 0.4) is 0 Å². The van der Waals surface area contributed by atoms with Gasteiger partial charge in [-0.2, -0.15) is 0 Å². The Morgan fingerprint density at radius 3 is 2.55 bits per heavy atom. The van der Waals surface area contributed by atoms with Crippen molar-refractivity contribution in [3.05, 3.63) is 0 Å². The van der Waals surface area contributed by atoms with Gasteiger partial charge in [-0.15, -0.1) is 0 Å². The fourth-order valence-corrected chi connectivity index (χ4v) is 2.32. The van der Waals surface area contributed by atoms with Crippen LogP contribution in [0.4, 0.5) is 0 Å². The molecule has 11 heavy (non-hydrogen) atoms. The van der Waals surface area contributed by atoms with Gasteiger partial charge >= 0.3 is 0 Å². The van der Waals surface area contributed by atoms with Crippen LogP contribution in [0.5, 0.6) is 0 Å². The van der Waals surface area contributed by atoms with Crippen LogP contribution >= 0.6 is 0 Å². The molecule has 2 heteroatoms. The molecule has 0 saturated heterocycles. The lowest BCUT2D eigenvalue weighted by molar-refractivity contribution is -0.0226. The number of aliphatic hydroxyl groups is 1. The van der Waals surface area contributed by atoms with Crippen LogP contribution < -0.4 is 5.73 Å². The van der Waals surface area contributed by atoms with Crippen molar-refractivity contribution in [3.63, 3.8) is 0 Å². The van der Waals surface area contributed by atoms with E-state index < -0.39 is 0 Å². The van der Waals surface area contributed by atoms with E-state index in [2.05, 4.69) is 0 Å². The summed E-state index contributed by atoms with van der Waals surface area (Å²) in [6.07, 6.45) is 6.51. The van der Waals surface area contributed by atoms with E-state index in [4.69, 9.17) is 5.73 Å². The van der Waals surface area contributed by atoms with Crippen molar-refractivity contribution >= 4 is 0 Å². The molecule has 0 radical (unpaired) electrons. The average molecular weight is 155 g/mol. The van der Waals surface area contributed by atoms with Crippen LogP contribution in [0.1, 0.15) is 38.5 Å². The topological polar surface area (TPSA) is 46.2 Å². The van der Waals surface area contributed by atoms with Gasteiger partial charge in [0.15, 0.2) is 0 Å². The summed E-state index contributed by atoms with van der Waals surface area (Å²) >= 11 is 0. The molecule has 2 aliphatic rings. The van der Waals surface area contributed by atoms with Crippen molar-refractivity contribution in [2.24, 2.45) is 11.7 Å². The van der Waals surface area contributed by atoms with Crippen LogP contribution in [-0.4, -0.2) is 16.7 Å². The van der Waals surface area contributed by atoms with Crippen LogP contribution in [0.25, 0.3) is 0 Å². The fraction of sp³-hybridized carbons (Fsp3) is 1.00. The molecule has 0 spiro atoms. The normalized spacial score (nSPS) is 45.8. The Kier molecular flexibility index (Phi) is 1.69. The van der Waals surface area contributed by atoms with Gasteiger partial charge in [0.1, 0.15) is 0 Å². The zero-order valence-corrected chi connectivity index (χ0v) is 6.92. The molecule has 2 saturated carbocycles. The SMILES string of the molecule is NC1CCCC(O)(C2CC2)C1. The highest BCUT2D eigenvalue weighted by Gasteiger charge is 2.45. The third-order valence-corrected chi connectivity index (χ3v) is 3.14. The molecule has 0 heterocycles. The maximum absolute atomic E-state index is 10.1. The zero-order chi connectivity index (χ0) is 7.90. The van der Waals surface area contributed by atoms with Gasteiger partial charge in [-0.1, -0.05) is 0 Å². The summed E-state index contributed by atoms with van der Waals surface area (Å²) < 4.78 is 0. The molecule has 2 atom stereocenters. The summed E-state index contributed by atoms with van der Waals surface area (Å²) in [6.45, 7) is 0. The van der Waals surface area contributed by atoms with Crippen LogP contribution in [-0.2, 0) is 0 Å². The molecule has 64 valence electrons. The first-order valence-corrected chi connectivity index (χ1v) is 4.69. The molecule has 2 fully saturated rings. The van der Waals surface area contributed by atoms with E-state index in [1.54, 1.807) is 0 Å². The number of nitrogens with two attached hydrogens (primary N) is 1. The van der Waals surface area contributed by atoms with Crippen LogP contribution in [0.2, 0.25) is 0 Å². The summed E-state index contributed by atoms with van der Waals surface area (Å²) in [5, 5.41) is 10.1. The lowest BCUT2D eigenvalue weighted by Gasteiger charge is -2.35. The third kappa shape index (κ3) is 1.42. The molecular weight excluding hydrogens is 138 g/mol. The second kappa shape index (κ2) is 2.46. The Morgan fingerprint density at radius 2 is 2.00 bits per heavy atom. The van der Waals surface area contributed by atoms with Gasteiger partial charge in [-0.25, -0.2) is 0 Å². The molecule has 0 aromatic heterocycles. The second-order valence-corrected chi connectivity index (χ2v) is 4.23. The standard InChI is InChI=1S/C9H17NO/c10-8-2-1-5-9(11,6-8)7-3-4-7/h7-8,11H,1-6,10H2. The van der Waals surface area contributed by atoms with E-state index in [0.717, 1.165) is 25.7 Å². The van der Waals surface area contributed by atoms with E-state index in [1.165, 1.54) is 12.8 Å². The van der Waals surface area contributed by atoms with Crippen molar-refractivity contribution in [3.8, 4) is 0 Å². The van der Waals surface area contributed by atoms with Crippen molar-refractivity contribution in [1.29, 1.82) is 0 Å². The predicted octanol–water partition coefficient (Wildman–Crippen LogP) is 1.03. The zero-order valence-electron chi connectivity index (χ0n) is 6.92. The minimum atomic E-state index is -0.363. The van der Waals surface area contributed by atoms with Gasteiger partial charge in [-0.05, 0) is 44.4 Å². The molecule has 0 aromatic rings. The quantitative estimate of drug-likeness (QED) is 0.594. The molecule has 0 bridgehead atoms. The van der Waals surface area contributed by atoms with Gasteiger partial charge in [0.05, 0.1) is 5.60 Å². The largest absolute Gasteiger partial charge is 0.390 e. The molecule has 2 unspecified atom stereocenters. The van der Waals surface area contributed by atoms with Gasteiger partial charge in [-0.3, -0.25) is 0 Å². The molecule has 0 aliphatic heterocycles. The van der Waals surface area contributed by atoms with E-state index in [-0.39, 0.29) is 11.6 Å². The highest BCUT2D eigenvalue weighted by molar-refractivity contribution is 4.98. The monoisotopic (exact) mass is 155 g/mol. The number of hydrogen-bond donors (Lipinski definition) is 2. The minimum absolute atomic E-state index is 0.259. The molecule has 2 rings (SSSR count). The van der Waals surface area contributed by atoms with Crippen LogP contribution in [0, 0.1) is 5.92 Å². The first kappa shape index (κ1) is 7.56. The van der Waals surface area contributed by atoms with E-state index in [1.807, 2.05) is 0 Å². The molecular formula is C9H17NO. The molecule has 0 aromatic carbocycles. The Hall–Kier alpha value is -0.0800. The van der Waals surface area contributed by atoms with Crippen molar-refractivity contribution < 1.29 is 5.11 Å². The van der Waals surface area contributed by atoms with E-state index >= 15 is 0 Å². The van der Waals surface area contributed by atoms with Gasteiger partial charge < -0.3 is 10.8 Å².